The summed E-state index contributed by atoms with van der Waals surface area (Å²) in [7, 11) is 1.30. The number of aromatic amines is 2. The number of ether oxygens (including phenoxy) is 2. The average molecular weight is 765 g/mol. The monoisotopic (exact) mass is 764 g/mol. The van der Waals surface area contributed by atoms with Gasteiger partial charge in [0.2, 0.25) is 11.8 Å². The van der Waals surface area contributed by atoms with Gasteiger partial charge < -0.3 is 39.9 Å². The third-order valence-electron chi connectivity index (χ3n) is 11.6. The smallest absolute Gasteiger partial charge is 0.407 e. The Labute approximate surface area is 329 Å². The Bertz CT molecular complexity index is 1950. The minimum absolute atomic E-state index is 0.0649. The van der Waals surface area contributed by atoms with Crippen molar-refractivity contribution in [3.8, 4) is 33.6 Å². The van der Waals surface area contributed by atoms with Crippen LogP contribution in [0.1, 0.15) is 90.0 Å². The van der Waals surface area contributed by atoms with Crippen LogP contribution in [-0.2, 0) is 19.1 Å². The Kier molecular flexibility index (Phi) is 12.2. The molecule has 2 aromatic heterocycles. The van der Waals surface area contributed by atoms with Gasteiger partial charge in [0.1, 0.15) is 17.7 Å². The van der Waals surface area contributed by atoms with Crippen molar-refractivity contribution >= 4 is 17.9 Å². The van der Waals surface area contributed by atoms with Crippen LogP contribution < -0.4 is 10.6 Å². The molecule has 13 nitrogen and oxygen atoms in total. The van der Waals surface area contributed by atoms with E-state index in [9.17, 15) is 14.4 Å². The fourth-order valence-electron chi connectivity index (χ4n) is 8.34. The largest absolute Gasteiger partial charge is 0.453 e. The standard InChI is InChI=1S/C43H56N8O5/c1-26(2)37(46-32-18-22-56-23-19-32)41(52)50-20-6-8-35(50)39-44-24-33(47-39)30-14-10-28(11-15-30)29-12-16-31(17-13-29)34-25-45-40(48-34)36-9-7-21-51(36)42(53)38(27(3)4)49-43(54)55-5/h10-17,24-27,32,35-38,46H,6-9,18-23H2,1-5H3,(H,44,47)(H,45,48)(H,49,54)/t35-,36-,37-,38-/m0/s1. The number of carbonyl (C=O) groups excluding carboxylic acids is 3. The summed E-state index contributed by atoms with van der Waals surface area (Å²) in [6.45, 7) is 10.9. The molecule has 5 heterocycles. The summed E-state index contributed by atoms with van der Waals surface area (Å²) < 4.78 is 10.3. The highest BCUT2D eigenvalue weighted by molar-refractivity contribution is 5.86. The van der Waals surface area contributed by atoms with Crippen molar-refractivity contribution in [2.24, 2.45) is 11.8 Å². The number of H-pyrrole nitrogens is 2. The Morgan fingerprint density at radius 1 is 0.696 bits per heavy atom. The van der Waals surface area contributed by atoms with Crippen LogP contribution in [0.4, 0.5) is 4.79 Å². The molecule has 3 aliphatic heterocycles. The topological polar surface area (TPSA) is 158 Å². The predicted octanol–water partition coefficient (Wildman–Crippen LogP) is 6.63. The number of alkyl carbamates (subject to hydrolysis) is 1. The highest BCUT2D eigenvalue weighted by atomic mass is 16.5. The fourth-order valence-corrected chi connectivity index (χ4v) is 8.34. The first kappa shape index (κ1) is 39.2. The molecule has 0 spiro atoms. The average Bonchev–Trinajstić information content (AvgIpc) is 4.06. The van der Waals surface area contributed by atoms with E-state index in [1.54, 1.807) is 0 Å². The summed E-state index contributed by atoms with van der Waals surface area (Å²) in [5.74, 6) is 1.69. The van der Waals surface area contributed by atoms with Gasteiger partial charge in [-0.25, -0.2) is 14.8 Å². The van der Waals surface area contributed by atoms with Gasteiger partial charge in [-0.2, -0.15) is 0 Å². The van der Waals surface area contributed by atoms with Crippen molar-refractivity contribution in [1.29, 1.82) is 0 Å². The number of hydrogen-bond acceptors (Lipinski definition) is 8. The lowest BCUT2D eigenvalue weighted by Crippen LogP contribution is -2.53. The van der Waals surface area contributed by atoms with E-state index in [0.29, 0.717) is 12.6 Å². The highest BCUT2D eigenvalue weighted by Gasteiger charge is 2.39. The third kappa shape index (κ3) is 8.53. The highest BCUT2D eigenvalue weighted by Crippen LogP contribution is 2.35. The van der Waals surface area contributed by atoms with Gasteiger partial charge >= 0.3 is 6.09 Å². The molecule has 0 saturated carbocycles. The van der Waals surface area contributed by atoms with Crippen molar-refractivity contribution in [3.63, 3.8) is 0 Å². The summed E-state index contributed by atoms with van der Waals surface area (Å²) in [5.41, 5.74) is 6.02. The van der Waals surface area contributed by atoms with Crippen molar-refractivity contribution in [1.82, 2.24) is 40.4 Å². The Morgan fingerprint density at radius 3 is 1.59 bits per heavy atom. The third-order valence-corrected chi connectivity index (χ3v) is 11.6. The first-order valence-corrected chi connectivity index (χ1v) is 20.2. The number of hydrogen-bond donors (Lipinski definition) is 4. The number of imidazole rings is 2. The molecule has 0 radical (unpaired) electrons. The van der Waals surface area contributed by atoms with Crippen LogP contribution in [0.2, 0.25) is 0 Å². The Balaban J connectivity index is 0.988. The van der Waals surface area contributed by atoms with E-state index in [0.717, 1.165) is 104 Å². The fraction of sp³-hybridized carbons (Fsp3) is 0.512. The second-order valence-electron chi connectivity index (χ2n) is 16.0. The number of nitrogens with one attached hydrogen (secondary N) is 4. The summed E-state index contributed by atoms with van der Waals surface area (Å²) in [6, 6.07) is 15.9. The Hall–Kier alpha value is -5.01. The first-order valence-electron chi connectivity index (χ1n) is 20.2. The predicted molar refractivity (Wildman–Crippen MR) is 214 cm³/mol. The molecule has 56 heavy (non-hydrogen) atoms. The number of benzene rings is 2. The molecule has 13 heteroatoms. The lowest BCUT2D eigenvalue weighted by Gasteiger charge is -2.34. The molecule has 3 fully saturated rings. The van der Waals surface area contributed by atoms with Crippen LogP contribution in [0, 0.1) is 11.8 Å². The molecule has 4 aromatic rings. The maximum Gasteiger partial charge on any atom is 0.407 e. The van der Waals surface area contributed by atoms with Crippen LogP contribution >= 0.6 is 0 Å². The zero-order valence-corrected chi connectivity index (χ0v) is 33.2. The zero-order chi connectivity index (χ0) is 39.3. The minimum atomic E-state index is -0.677. The van der Waals surface area contributed by atoms with Gasteiger partial charge in [0.15, 0.2) is 0 Å². The zero-order valence-electron chi connectivity index (χ0n) is 33.2. The number of aromatic nitrogens is 4. The van der Waals surface area contributed by atoms with E-state index < -0.39 is 12.1 Å². The molecule has 7 rings (SSSR count). The quantitative estimate of drug-likeness (QED) is 0.125. The van der Waals surface area contributed by atoms with Crippen molar-refractivity contribution in [2.75, 3.05) is 33.4 Å². The van der Waals surface area contributed by atoms with Gasteiger partial charge in [0.05, 0.1) is 49.0 Å². The molecule has 0 aliphatic carbocycles. The molecule has 3 amide bonds. The normalized spacial score (nSPS) is 20.1. The van der Waals surface area contributed by atoms with Crippen LogP contribution in [0.25, 0.3) is 33.6 Å². The van der Waals surface area contributed by atoms with E-state index in [-0.39, 0.29) is 41.8 Å². The summed E-state index contributed by atoms with van der Waals surface area (Å²) in [6.07, 6.45) is 8.45. The number of rotatable bonds is 12. The molecule has 4 N–H and O–H groups in total. The van der Waals surface area contributed by atoms with E-state index in [4.69, 9.17) is 14.5 Å². The number of likely N-dealkylation sites (tertiary alicyclic amines) is 2. The van der Waals surface area contributed by atoms with E-state index >= 15 is 0 Å². The van der Waals surface area contributed by atoms with E-state index in [1.165, 1.54) is 7.11 Å². The first-order chi connectivity index (χ1) is 27.1. The van der Waals surface area contributed by atoms with Gasteiger partial charge in [-0.1, -0.05) is 76.2 Å². The molecular formula is C43H56N8O5. The molecule has 2 aromatic carbocycles. The lowest BCUT2D eigenvalue weighted by molar-refractivity contribution is -0.136. The number of nitrogens with zero attached hydrogens (tertiary/aromatic N) is 4. The summed E-state index contributed by atoms with van der Waals surface area (Å²) in [5, 5.41) is 6.37. The van der Waals surface area contributed by atoms with Gasteiger partial charge in [-0.05, 0) is 72.6 Å². The Morgan fingerprint density at radius 2 is 1.14 bits per heavy atom. The van der Waals surface area contributed by atoms with Crippen molar-refractivity contribution in [3.05, 3.63) is 72.6 Å². The van der Waals surface area contributed by atoms with Crippen LogP contribution in [0.15, 0.2) is 60.9 Å². The lowest BCUT2D eigenvalue weighted by atomic mass is 9.99. The molecule has 0 bridgehead atoms. The molecule has 0 unspecified atom stereocenters. The molecule has 4 atom stereocenters. The van der Waals surface area contributed by atoms with Crippen LogP contribution in [-0.4, -0.2) is 99.2 Å². The van der Waals surface area contributed by atoms with Crippen LogP contribution in [0.5, 0.6) is 0 Å². The number of methoxy groups -OCH3 is 1. The maximum absolute atomic E-state index is 13.9. The molecule has 3 saturated heterocycles. The second-order valence-corrected chi connectivity index (χ2v) is 16.0. The van der Waals surface area contributed by atoms with Crippen molar-refractivity contribution in [2.45, 2.75) is 96.4 Å². The molecular weight excluding hydrogens is 709 g/mol. The van der Waals surface area contributed by atoms with Gasteiger partial charge in [-0.3, -0.25) is 9.59 Å². The number of carbonyl (C=O) groups is 3. The SMILES string of the molecule is COC(=O)N[C@H](C(=O)N1CCC[C@H]1c1ncc(-c2ccc(-c3ccc(-c4cnc([C@@H]5CCCN5C(=O)[C@@H](NC5CCOCC5)C(C)C)[nH]4)cc3)cc2)[nH]1)C(C)C. The molecule has 298 valence electrons. The summed E-state index contributed by atoms with van der Waals surface area (Å²) >= 11 is 0. The minimum Gasteiger partial charge on any atom is -0.453 e. The maximum atomic E-state index is 13.9. The van der Waals surface area contributed by atoms with E-state index in [2.05, 4.69) is 88.0 Å². The number of amides is 3. The van der Waals surface area contributed by atoms with Gasteiger partial charge in [0, 0.05) is 32.3 Å². The van der Waals surface area contributed by atoms with Crippen molar-refractivity contribution < 1.29 is 23.9 Å². The second kappa shape index (κ2) is 17.4. The van der Waals surface area contributed by atoms with E-state index in [1.807, 2.05) is 36.0 Å². The van der Waals surface area contributed by atoms with Crippen LogP contribution in [0.3, 0.4) is 0 Å². The molecule has 3 aliphatic rings. The summed E-state index contributed by atoms with van der Waals surface area (Å²) in [4.78, 5) is 59.7. The van der Waals surface area contributed by atoms with Gasteiger partial charge in [-0.15, -0.1) is 0 Å². The van der Waals surface area contributed by atoms with Gasteiger partial charge in [0.25, 0.3) is 0 Å².